The predicted octanol–water partition coefficient (Wildman–Crippen LogP) is 7.66. The van der Waals surface area contributed by atoms with Crippen molar-refractivity contribution in [3.8, 4) is 28.2 Å². The summed E-state index contributed by atoms with van der Waals surface area (Å²) in [6, 6.07) is 12.2. The van der Waals surface area contributed by atoms with E-state index in [9.17, 15) is 59.1 Å². The summed E-state index contributed by atoms with van der Waals surface area (Å²) < 4.78 is 42.0. The van der Waals surface area contributed by atoms with Gasteiger partial charge in [0.2, 0.25) is 5.79 Å². The number of allylic oxidation sites excluding steroid dienone is 3. The molecule has 2 aliphatic carbocycles. The van der Waals surface area contributed by atoms with Gasteiger partial charge in [-0.05, 0) is 131 Å². The Morgan fingerprint density at radius 2 is 1.57 bits per heavy atom. The van der Waals surface area contributed by atoms with Crippen molar-refractivity contribution in [1.82, 2.24) is 10.2 Å². The van der Waals surface area contributed by atoms with Crippen LogP contribution in [-0.2, 0) is 54.1 Å². The second-order valence-electron chi connectivity index (χ2n) is 24.0. The highest BCUT2D eigenvalue weighted by Crippen LogP contribution is 2.44. The number of ketones is 2. The Bertz CT molecular complexity index is 3220. The number of hydrogen-bond donors (Lipinski definition) is 6. The number of hydrogen-bond acceptors (Lipinski definition) is 18. The molecule has 14 atom stereocenters. The maximum Gasteiger partial charge on any atom is 0.407 e. The van der Waals surface area contributed by atoms with Crippen molar-refractivity contribution in [3.05, 3.63) is 99.2 Å². The van der Waals surface area contributed by atoms with Crippen molar-refractivity contribution in [2.24, 2.45) is 29.6 Å². The molecule has 2 aromatic rings. The molecule has 0 aromatic heterocycles. The van der Waals surface area contributed by atoms with E-state index in [2.05, 4.69) is 5.32 Å². The van der Waals surface area contributed by atoms with Crippen LogP contribution >= 0.6 is 0 Å². The van der Waals surface area contributed by atoms with Crippen molar-refractivity contribution in [3.63, 3.8) is 0 Å². The van der Waals surface area contributed by atoms with Gasteiger partial charge in [-0.25, -0.2) is 14.4 Å². The van der Waals surface area contributed by atoms with E-state index >= 15 is 0 Å². The van der Waals surface area contributed by atoms with Crippen molar-refractivity contribution in [2.75, 3.05) is 34.5 Å². The van der Waals surface area contributed by atoms with E-state index < -0.39 is 126 Å². The first-order valence-electron chi connectivity index (χ1n) is 29.7. The summed E-state index contributed by atoms with van der Waals surface area (Å²) in [5.74, 6) is -10.6. The number of nitrogens with one attached hydrogen (secondary N) is 1. The monoisotopic (exact) mass is 1190 g/mol. The zero-order valence-corrected chi connectivity index (χ0v) is 50.2. The number of nitrogens with zero attached hydrogens (tertiary/aromatic N) is 1. The minimum absolute atomic E-state index is 0.00525. The van der Waals surface area contributed by atoms with Crippen LogP contribution in [0.2, 0.25) is 0 Å². The first-order valence-corrected chi connectivity index (χ1v) is 29.7. The van der Waals surface area contributed by atoms with E-state index in [1.165, 1.54) is 51.7 Å². The van der Waals surface area contributed by atoms with Crippen LogP contribution in [0.25, 0.3) is 33.4 Å². The van der Waals surface area contributed by atoms with Crippen LogP contribution in [-0.4, -0.2) is 155 Å². The maximum atomic E-state index is 14.8. The molecule has 6 aliphatic rings. The number of phenolic OH excluding ortho intramolecular Hbond substituents is 1. The fourth-order valence-corrected chi connectivity index (χ4v) is 13.1. The van der Waals surface area contributed by atoms with E-state index in [1.807, 2.05) is 19.9 Å². The number of amides is 2. The summed E-state index contributed by atoms with van der Waals surface area (Å²) >= 11 is 0. The van der Waals surface area contributed by atoms with Crippen molar-refractivity contribution in [1.29, 1.82) is 0 Å². The quantitative estimate of drug-likeness (QED) is 0.0343. The third kappa shape index (κ3) is 14.4. The number of aromatic carboxylic acids is 1. The maximum absolute atomic E-state index is 14.8. The van der Waals surface area contributed by atoms with Crippen molar-refractivity contribution >= 4 is 46.5 Å². The molecule has 21 nitrogen and oxygen atoms in total. The molecular formula is C65H82N2O19. The number of fused-ring (bicyclic) bond motifs is 5. The number of esters is 1. The van der Waals surface area contributed by atoms with Gasteiger partial charge >= 0.3 is 18.0 Å². The van der Waals surface area contributed by atoms with E-state index in [-0.39, 0.29) is 72.5 Å². The normalized spacial score (nSPS) is 31.1. The van der Waals surface area contributed by atoms with Gasteiger partial charge in [0, 0.05) is 74.6 Å². The van der Waals surface area contributed by atoms with Gasteiger partial charge in [-0.2, -0.15) is 0 Å². The molecule has 2 aromatic carbocycles. The second kappa shape index (κ2) is 28.3. The SMILES string of the molecule is COC1CC(/C=C(\C)[C@H]2OC(=O)C3CCCCN3C(=O)C(=O)C3(O)O[C@@H]([C@@H](OC)CC3C)[C@@H](OC)C[C@@H](C)C/C(C)=C/[C@@H](CCOC(=O)NCc3c4oc5cc(O)ccc5c(-c5ccccc5C(=O)O)c-4ccc3=O)C(=O)CC(O)[C@H]2C)CCC1O. The Kier molecular flexibility index (Phi) is 21.5. The number of rotatable bonds is 12. The molecule has 7 unspecified atom stereocenters. The summed E-state index contributed by atoms with van der Waals surface area (Å²) in [7, 11) is 4.47. The minimum atomic E-state index is -2.62. The number of carbonyl (C=O) groups excluding carboxylic acids is 5. The van der Waals surface area contributed by atoms with Crippen LogP contribution in [0.15, 0.2) is 87.1 Å². The number of aliphatic hydroxyl groups excluding tert-OH is 2. The number of methoxy groups -OCH3 is 3. The number of alkyl carbamates (subject to hydrolysis) is 1. The molecule has 21 heteroatoms. The van der Waals surface area contributed by atoms with Gasteiger partial charge in [0.1, 0.15) is 41.1 Å². The summed E-state index contributed by atoms with van der Waals surface area (Å²) in [4.78, 5) is 99.2. The zero-order chi connectivity index (χ0) is 62.3. The minimum Gasteiger partial charge on any atom is -0.508 e. The Hall–Kier alpha value is -6.85. The number of carboxylic acid groups (broad SMARTS) is 1. The van der Waals surface area contributed by atoms with E-state index in [0.29, 0.717) is 72.6 Å². The van der Waals surface area contributed by atoms with Crippen molar-refractivity contribution < 1.29 is 87.1 Å². The van der Waals surface area contributed by atoms with E-state index in [1.54, 1.807) is 51.1 Å². The summed E-state index contributed by atoms with van der Waals surface area (Å²) in [6.07, 6.45) is -0.492. The first-order chi connectivity index (χ1) is 41.0. The average Bonchev–Trinajstić information content (AvgIpc) is 0.813. The number of cyclic esters (lactones) is 1. The van der Waals surface area contributed by atoms with E-state index in [4.69, 9.17) is 32.8 Å². The van der Waals surface area contributed by atoms with Gasteiger partial charge < -0.3 is 68.6 Å². The summed E-state index contributed by atoms with van der Waals surface area (Å²) in [5, 5.41) is 58.7. The molecule has 4 aliphatic heterocycles. The number of piperidine rings is 1. The summed E-state index contributed by atoms with van der Waals surface area (Å²) in [6.45, 7) is 8.07. The number of carboxylic acids is 1. The molecule has 0 spiro atoms. The molecule has 3 fully saturated rings. The number of aromatic hydroxyl groups is 1. The Labute approximate surface area is 499 Å². The van der Waals surface area contributed by atoms with Crippen LogP contribution < -0.4 is 10.7 Å². The van der Waals surface area contributed by atoms with Crippen molar-refractivity contribution in [2.45, 2.75) is 166 Å². The number of phenols is 1. The smallest absolute Gasteiger partial charge is 0.407 e. The van der Waals surface area contributed by atoms with Gasteiger partial charge in [0.15, 0.2) is 5.43 Å². The number of aliphatic hydroxyl groups is 3. The largest absolute Gasteiger partial charge is 0.508 e. The number of ether oxygens (including phenoxy) is 6. The first kappa shape index (κ1) is 65.1. The molecule has 2 amide bonds. The third-order valence-electron chi connectivity index (χ3n) is 17.9. The Morgan fingerprint density at radius 3 is 2.29 bits per heavy atom. The number of Topliss-reactive ketones (excluding diaryl/α,β-unsaturated/α-hetero) is 2. The highest BCUT2D eigenvalue weighted by Gasteiger charge is 2.57. The lowest BCUT2D eigenvalue weighted by molar-refractivity contribution is -0.302. The second-order valence-corrected chi connectivity index (χ2v) is 24.0. The van der Waals surface area contributed by atoms with Crippen LogP contribution in [0, 0.1) is 29.6 Å². The average molecular weight is 1200 g/mol. The van der Waals surface area contributed by atoms with Crippen LogP contribution in [0.1, 0.15) is 121 Å². The fraction of sp³-hybridized carbons (Fsp3) is 0.554. The Balaban J connectivity index is 1.08. The summed E-state index contributed by atoms with van der Waals surface area (Å²) in [5.41, 5.74) is 2.03. The molecule has 466 valence electrons. The molecular weight excluding hydrogens is 1110 g/mol. The topological polar surface area (TPSA) is 304 Å². The van der Waals surface area contributed by atoms with Crippen LogP contribution in [0.5, 0.6) is 5.75 Å². The molecule has 8 rings (SSSR count). The molecule has 1 saturated carbocycles. The molecule has 6 N–H and O–H groups in total. The van der Waals surface area contributed by atoms with Gasteiger partial charge in [-0.15, -0.1) is 0 Å². The molecule has 86 heavy (non-hydrogen) atoms. The van der Waals surface area contributed by atoms with Gasteiger partial charge in [-0.1, -0.05) is 56.7 Å². The predicted molar refractivity (Wildman–Crippen MR) is 314 cm³/mol. The molecule has 2 saturated heterocycles. The van der Waals surface area contributed by atoms with Crippen LogP contribution in [0.3, 0.4) is 0 Å². The third-order valence-corrected chi connectivity index (χ3v) is 17.9. The highest BCUT2D eigenvalue weighted by atomic mass is 16.7. The van der Waals surface area contributed by atoms with E-state index in [0.717, 1.165) is 10.5 Å². The number of carbonyl (C=O) groups is 6. The highest BCUT2D eigenvalue weighted by molar-refractivity contribution is 6.39. The zero-order valence-electron chi connectivity index (χ0n) is 50.2. The molecule has 2 bridgehead atoms. The Morgan fingerprint density at radius 1 is 0.849 bits per heavy atom. The lowest BCUT2D eigenvalue weighted by Gasteiger charge is -2.47. The van der Waals surface area contributed by atoms with Gasteiger partial charge in [-0.3, -0.25) is 19.2 Å². The van der Waals surface area contributed by atoms with Gasteiger partial charge in [0.05, 0.1) is 54.8 Å². The lowest BCUT2D eigenvalue weighted by Crippen LogP contribution is -2.64. The number of benzene rings is 3. The lowest BCUT2D eigenvalue weighted by atomic mass is 9.81. The fourth-order valence-electron chi connectivity index (χ4n) is 13.1. The van der Waals surface area contributed by atoms with Gasteiger partial charge in [0.25, 0.3) is 11.7 Å². The molecule has 0 radical (unpaired) electrons. The molecule has 4 heterocycles. The standard InChI is InChI=1S/C65H82N2O19/c1-34-25-35(2)27-54(81-7)59-55(82-8)29-37(4)65(79,86-59)60(73)61(74)67-23-12-11-15-47(67)63(77)85-57(36(3)28-39-16-20-49(70)53(30-39)80-6)38(5)50(71)32-51(72)40(26-34)22-24-83-64(78)66-33-46-48(69)21-19-45-56(42-13-9-10-14-43(42)62(75)76)44-18-17-41(68)31-52(44)84-58(45)46/h9-10,13-14,17-19,21,26,28,31,35,37-40,47,49-50,53-55,57,59,68,70-71,79H,11-12,15-16,20,22-25,27,29-30,32-33H2,1-8H3,(H,66,78)(H,75,76)/b34-26+,36-28+/t35-,37?,38+,39?,40+,47?,49?,50?,53?,54-,55-,57+,59+,65?/m0/s1. The van der Waals surface area contributed by atoms with Crippen LogP contribution in [0.4, 0.5) is 4.79 Å².